The molecule has 4 heterocycles. The second-order valence-corrected chi connectivity index (χ2v) is 8.76. The van der Waals surface area contributed by atoms with E-state index in [2.05, 4.69) is 16.0 Å². The zero-order valence-corrected chi connectivity index (χ0v) is 16.0. The first-order chi connectivity index (χ1) is 13.5. The molecule has 4 aliphatic rings. The Morgan fingerprint density at radius 3 is 2.71 bits per heavy atom. The van der Waals surface area contributed by atoms with Crippen LogP contribution in [0.3, 0.4) is 0 Å². The van der Waals surface area contributed by atoms with Crippen LogP contribution in [0.2, 0.25) is 0 Å². The van der Waals surface area contributed by atoms with Crippen molar-refractivity contribution in [2.75, 3.05) is 19.6 Å². The molecule has 2 saturated heterocycles. The number of piperidine rings is 1. The van der Waals surface area contributed by atoms with Gasteiger partial charge in [-0.15, -0.1) is 0 Å². The summed E-state index contributed by atoms with van der Waals surface area (Å²) in [6.45, 7) is 3.32. The van der Waals surface area contributed by atoms with Crippen molar-refractivity contribution in [3.63, 3.8) is 0 Å². The van der Waals surface area contributed by atoms with Gasteiger partial charge in [-0.25, -0.2) is 14.2 Å². The van der Waals surface area contributed by atoms with Crippen molar-refractivity contribution in [2.24, 2.45) is 5.92 Å². The lowest BCUT2D eigenvalue weighted by Gasteiger charge is -2.31. The second-order valence-electron chi connectivity index (χ2n) is 8.76. The van der Waals surface area contributed by atoms with Crippen molar-refractivity contribution in [2.45, 2.75) is 69.7 Å². The molecule has 5 rings (SSSR count). The highest BCUT2D eigenvalue weighted by Gasteiger charge is 2.40. The number of halogens is 2. The second kappa shape index (κ2) is 7.03. The summed E-state index contributed by atoms with van der Waals surface area (Å²) in [6.07, 6.45) is 3.24. The zero-order valence-electron chi connectivity index (χ0n) is 16.0. The van der Waals surface area contributed by atoms with E-state index in [0.717, 1.165) is 23.7 Å². The SMILES string of the molecule is O=C(C1CC(C2CC2)NN1)N1CCn2nc(CN3CCC(F)(F)CC3)cc2C1. The van der Waals surface area contributed by atoms with Crippen molar-refractivity contribution in [3.8, 4) is 0 Å². The monoisotopic (exact) mass is 394 g/mol. The average molecular weight is 394 g/mol. The third kappa shape index (κ3) is 3.79. The predicted octanol–water partition coefficient (Wildman–Crippen LogP) is 1.10. The number of hydrazine groups is 1. The third-order valence-electron chi connectivity index (χ3n) is 6.56. The molecular weight excluding hydrogens is 366 g/mol. The molecule has 2 N–H and O–H groups in total. The molecule has 0 spiro atoms. The van der Waals surface area contributed by atoms with Gasteiger partial charge in [0.05, 0.1) is 24.5 Å². The Balaban J connectivity index is 1.18. The Kier molecular flexibility index (Phi) is 4.64. The van der Waals surface area contributed by atoms with Crippen LogP contribution in [0.4, 0.5) is 8.78 Å². The first kappa shape index (κ1) is 18.4. The number of likely N-dealkylation sites (tertiary alicyclic amines) is 1. The lowest BCUT2D eigenvalue weighted by atomic mass is 10.1. The van der Waals surface area contributed by atoms with Gasteiger partial charge in [-0.2, -0.15) is 5.10 Å². The molecule has 1 aromatic rings. The molecule has 1 saturated carbocycles. The van der Waals surface area contributed by atoms with E-state index < -0.39 is 5.92 Å². The van der Waals surface area contributed by atoms with Crippen LogP contribution in [0.25, 0.3) is 0 Å². The number of rotatable bonds is 4. The molecule has 1 amide bonds. The fraction of sp³-hybridized carbons (Fsp3) is 0.789. The number of nitrogens with zero attached hydrogens (tertiary/aromatic N) is 4. The molecule has 2 atom stereocenters. The normalized spacial score (nSPS) is 30.4. The van der Waals surface area contributed by atoms with Crippen LogP contribution < -0.4 is 10.9 Å². The van der Waals surface area contributed by atoms with Gasteiger partial charge < -0.3 is 4.90 Å². The minimum absolute atomic E-state index is 0.0763. The summed E-state index contributed by atoms with van der Waals surface area (Å²) in [5.41, 5.74) is 8.41. The van der Waals surface area contributed by atoms with Crippen molar-refractivity contribution in [3.05, 3.63) is 17.5 Å². The largest absolute Gasteiger partial charge is 0.334 e. The molecule has 1 aliphatic carbocycles. The molecule has 3 aliphatic heterocycles. The maximum Gasteiger partial charge on any atom is 0.250 e. The third-order valence-corrected chi connectivity index (χ3v) is 6.56. The first-order valence-electron chi connectivity index (χ1n) is 10.4. The first-order valence-corrected chi connectivity index (χ1v) is 10.4. The molecule has 7 nitrogen and oxygen atoms in total. The number of aromatic nitrogens is 2. The molecule has 0 radical (unpaired) electrons. The molecule has 9 heteroatoms. The van der Waals surface area contributed by atoms with Crippen LogP contribution >= 0.6 is 0 Å². The summed E-state index contributed by atoms with van der Waals surface area (Å²) in [5.74, 6) is -1.64. The molecule has 1 aromatic heterocycles. The van der Waals surface area contributed by atoms with Crippen molar-refractivity contribution in [1.29, 1.82) is 0 Å². The molecule has 154 valence electrons. The number of carbonyl (C=O) groups excluding carboxylic acids is 1. The number of hydrogen-bond donors (Lipinski definition) is 2. The highest BCUT2D eigenvalue weighted by Crippen LogP contribution is 2.36. The number of fused-ring (bicyclic) bond motifs is 1. The summed E-state index contributed by atoms with van der Waals surface area (Å²) < 4.78 is 28.6. The zero-order chi connectivity index (χ0) is 19.3. The fourth-order valence-electron chi connectivity index (χ4n) is 4.63. The highest BCUT2D eigenvalue weighted by molar-refractivity contribution is 5.82. The standard InChI is InChI=1S/C19H28F2N6O/c20-19(21)3-5-25(6-4-19)11-14-9-15-12-26(7-8-27(15)24-14)18(28)17-10-16(22-23-17)13-1-2-13/h9,13,16-17,22-23H,1-8,10-12H2. The van der Waals surface area contributed by atoms with Gasteiger partial charge in [0.25, 0.3) is 5.92 Å². The average Bonchev–Trinajstić information content (AvgIpc) is 3.26. The highest BCUT2D eigenvalue weighted by atomic mass is 19.3. The Bertz CT molecular complexity index is 739. The van der Waals surface area contributed by atoms with Gasteiger partial charge in [-0.05, 0) is 31.2 Å². The number of hydrogen-bond acceptors (Lipinski definition) is 5. The van der Waals surface area contributed by atoms with Gasteiger partial charge in [0, 0.05) is 45.1 Å². The van der Waals surface area contributed by atoms with Gasteiger partial charge in [0.2, 0.25) is 5.91 Å². The van der Waals surface area contributed by atoms with E-state index in [4.69, 9.17) is 0 Å². The minimum atomic E-state index is -2.52. The Morgan fingerprint density at radius 1 is 1.18 bits per heavy atom. The molecule has 2 unspecified atom stereocenters. The van der Waals surface area contributed by atoms with E-state index in [1.165, 1.54) is 12.8 Å². The van der Waals surface area contributed by atoms with Crippen molar-refractivity contribution in [1.82, 2.24) is 30.4 Å². The Hall–Kier alpha value is -1.58. The van der Waals surface area contributed by atoms with Crippen LogP contribution in [0.1, 0.15) is 43.5 Å². The van der Waals surface area contributed by atoms with Crippen LogP contribution in [0, 0.1) is 5.92 Å². The number of nitrogens with one attached hydrogen (secondary N) is 2. The van der Waals surface area contributed by atoms with Crippen LogP contribution in [-0.2, 0) is 24.4 Å². The maximum atomic E-state index is 13.3. The summed E-state index contributed by atoms with van der Waals surface area (Å²) in [7, 11) is 0. The summed E-state index contributed by atoms with van der Waals surface area (Å²) in [5, 5.41) is 4.64. The van der Waals surface area contributed by atoms with Crippen molar-refractivity contribution >= 4 is 5.91 Å². The van der Waals surface area contributed by atoms with E-state index in [-0.39, 0.29) is 24.8 Å². The number of alkyl halides is 2. The Morgan fingerprint density at radius 2 is 1.96 bits per heavy atom. The summed E-state index contributed by atoms with van der Waals surface area (Å²) in [4.78, 5) is 16.9. The lowest BCUT2D eigenvalue weighted by molar-refractivity contribution is -0.134. The Labute approximate surface area is 163 Å². The summed E-state index contributed by atoms with van der Waals surface area (Å²) in [6, 6.07) is 2.31. The molecule has 0 bridgehead atoms. The lowest BCUT2D eigenvalue weighted by Crippen LogP contribution is -2.48. The quantitative estimate of drug-likeness (QED) is 0.801. The van der Waals surface area contributed by atoms with Crippen LogP contribution in [0.15, 0.2) is 6.07 Å². The molecule has 28 heavy (non-hydrogen) atoms. The van der Waals surface area contributed by atoms with E-state index in [1.54, 1.807) is 0 Å². The smallest absolute Gasteiger partial charge is 0.250 e. The van der Waals surface area contributed by atoms with E-state index in [9.17, 15) is 13.6 Å². The molecular formula is C19H28F2N6O. The van der Waals surface area contributed by atoms with Gasteiger partial charge in [-0.1, -0.05) is 0 Å². The van der Waals surface area contributed by atoms with Gasteiger partial charge in [0.1, 0.15) is 6.04 Å². The maximum absolute atomic E-state index is 13.3. The van der Waals surface area contributed by atoms with E-state index in [1.807, 2.05) is 20.5 Å². The minimum Gasteiger partial charge on any atom is -0.334 e. The van der Waals surface area contributed by atoms with Crippen molar-refractivity contribution < 1.29 is 13.6 Å². The van der Waals surface area contributed by atoms with Crippen LogP contribution in [-0.4, -0.2) is 63.1 Å². The number of amides is 1. The fourth-order valence-corrected chi connectivity index (χ4v) is 4.63. The predicted molar refractivity (Wildman–Crippen MR) is 98.3 cm³/mol. The van der Waals surface area contributed by atoms with E-state index in [0.29, 0.717) is 45.3 Å². The topological polar surface area (TPSA) is 65.4 Å². The van der Waals surface area contributed by atoms with Gasteiger partial charge >= 0.3 is 0 Å². The molecule has 0 aromatic carbocycles. The van der Waals surface area contributed by atoms with E-state index >= 15 is 0 Å². The van der Waals surface area contributed by atoms with Gasteiger partial charge in [-0.3, -0.25) is 19.8 Å². The number of carbonyl (C=O) groups is 1. The van der Waals surface area contributed by atoms with Gasteiger partial charge in [0.15, 0.2) is 0 Å². The molecule has 3 fully saturated rings. The van der Waals surface area contributed by atoms with Crippen LogP contribution in [0.5, 0.6) is 0 Å². The summed E-state index contributed by atoms with van der Waals surface area (Å²) >= 11 is 0.